The van der Waals surface area contributed by atoms with Gasteiger partial charge in [0.05, 0.1) is 6.04 Å². The van der Waals surface area contributed by atoms with Crippen molar-refractivity contribution in [3.8, 4) is 0 Å². The summed E-state index contributed by atoms with van der Waals surface area (Å²) in [5, 5.41) is 11.2. The molecule has 0 bridgehead atoms. The Kier molecular flexibility index (Phi) is 2.31. The van der Waals surface area contributed by atoms with Crippen LogP contribution in [0.5, 0.6) is 0 Å². The van der Waals surface area contributed by atoms with E-state index in [9.17, 15) is 0 Å². The van der Waals surface area contributed by atoms with Gasteiger partial charge in [-0.05, 0) is 26.3 Å². The number of aromatic nitrogens is 2. The van der Waals surface area contributed by atoms with Crippen LogP contribution in [-0.4, -0.2) is 17.2 Å². The van der Waals surface area contributed by atoms with Gasteiger partial charge < -0.3 is 9.73 Å². The zero-order chi connectivity index (χ0) is 9.26. The first-order valence-electron chi connectivity index (χ1n) is 4.85. The minimum Gasteiger partial charge on any atom is -0.423 e. The van der Waals surface area contributed by atoms with Crippen LogP contribution in [0.2, 0.25) is 0 Å². The summed E-state index contributed by atoms with van der Waals surface area (Å²) in [7, 11) is 1.91. The van der Waals surface area contributed by atoms with Gasteiger partial charge >= 0.3 is 0 Å². The lowest BCUT2D eigenvalue weighted by molar-refractivity contribution is 0.387. The molecule has 0 aliphatic heterocycles. The molecule has 0 amide bonds. The molecule has 72 valence electrons. The van der Waals surface area contributed by atoms with Gasteiger partial charge in [-0.2, -0.15) is 0 Å². The fraction of sp³-hybridized carbons (Fsp3) is 0.778. The quantitative estimate of drug-likeness (QED) is 0.766. The molecule has 1 N–H and O–H groups in total. The first-order chi connectivity index (χ1) is 6.35. The van der Waals surface area contributed by atoms with E-state index in [1.807, 2.05) is 7.05 Å². The molecule has 0 saturated heterocycles. The topological polar surface area (TPSA) is 51.0 Å². The molecule has 0 radical (unpaired) electrons. The van der Waals surface area contributed by atoms with Gasteiger partial charge in [0.15, 0.2) is 0 Å². The molecule has 4 heteroatoms. The van der Waals surface area contributed by atoms with E-state index >= 15 is 0 Å². The largest absolute Gasteiger partial charge is 0.423 e. The highest BCUT2D eigenvalue weighted by molar-refractivity contribution is 5.01. The summed E-state index contributed by atoms with van der Waals surface area (Å²) in [4.78, 5) is 0. The second-order valence-corrected chi connectivity index (χ2v) is 3.50. The molecule has 1 heterocycles. The first-order valence-corrected chi connectivity index (χ1v) is 4.85. The Morgan fingerprint density at radius 1 is 1.54 bits per heavy atom. The van der Waals surface area contributed by atoms with Gasteiger partial charge in [0.2, 0.25) is 11.8 Å². The Hall–Kier alpha value is -0.900. The van der Waals surface area contributed by atoms with Crippen LogP contribution < -0.4 is 5.32 Å². The number of rotatable bonds is 4. The molecule has 13 heavy (non-hydrogen) atoms. The SMILES string of the molecule is CCC(NC)c1nnc(C2CC2)o1. The van der Waals surface area contributed by atoms with Crippen LogP contribution in [0.15, 0.2) is 4.42 Å². The molecule has 4 nitrogen and oxygen atoms in total. The average molecular weight is 181 g/mol. The minimum atomic E-state index is 0.208. The molecule has 2 rings (SSSR count). The van der Waals surface area contributed by atoms with Crippen molar-refractivity contribution >= 4 is 0 Å². The van der Waals surface area contributed by atoms with Crippen LogP contribution in [0, 0.1) is 0 Å². The number of hydrogen-bond acceptors (Lipinski definition) is 4. The van der Waals surface area contributed by atoms with Crippen molar-refractivity contribution < 1.29 is 4.42 Å². The van der Waals surface area contributed by atoms with Gasteiger partial charge in [-0.15, -0.1) is 10.2 Å². The van der Waals surface area contributed by atoms with Crippen LogP contribution in [0.4, 0.5) is 0 Å². The third kappa shape index (κ3) is 1.72. The van der Waals surface area contributed by atoms with Crippen molar-refractivity contribution in [3.05, 3.63) is 11.8 Å². The first kappa shape index (κ1) is 8.69. The zero-order valence-electron chi connectivity index (χ0n) is 8.08. The molecule has 1 aliphatic rings. The summed E-state index contributed by atoms with van der Waals surface area (Å²) < 4.78 is 5.57. The van der Waals surface area contributed by atoms with E-state index in [1.165, 1.54) is 12.8 Å². The molecular formula is C9H15N3O. The highest BCUT2D eigenvalue weighted by Gasteiger charge is 2.30. The number of hydrogen-bond donors (Lipinski definition) is 1. The maximum Gasteiger partial charge on any atom is 0.233 e. The van der Waals surface area contributed by atoms with Crippen LogP contribution >= 0.6 is 0 Å². The molecule has 0 aromatic carbocycles. The van der Waals surface area contributed by atoms with Gasteiger partial charge in [-0.3, -0.25) is 0 Å². The van der Waals surface area contributed by atoms with Gasteiger partial charge in [-0.25, -0.2) is 0 Å². The fourth-order valence-electron chi connectivity index (χ4n) is 1.38. The number of nitrogens with zero attached hydrogens (tertiary/aromatic N) is 2. The molecule has 1 fully saturated rings. The molecular weight excluding hydrogens is 166 g/mol. The maximum absolute atomic E-state index is 5.57. The Balaban J connectivity index is 2.10. The van der Waals surface area contributed by atoms with Crippen LogP contribution in [0.3, 0.4) is 0 Å². The molecule has 0 spiro atoms. The van der Waals surface area contributed by atoms with Gasteiger partial charge in [0, 0.05) is 5.92 Å². The van der Waals surface area contributed by atoms with Crippen molar-refractivity contribution in [3.63, 3.8) is 0 Å². The Labute approximate surface area is 77.7 Å². The predicted molar refractivity (Wildman–Crippen MR) is 48.4 cm³/mol. The summed E-state index contributed by atoms with van der Waals surface area (Å²) in [6.07, 6.45) is 3.39. The van der Waals surface area contributed by atoms with E-state index in [4.69, 9.17) is 4.42 Å². The third-order valence-electron chi connectivity index (χ3n) is 2.44. The molecule has 1 unspecified atom stereocenters. The highest BCUT2D eigenvalue weighted by Crippen LogP contribution is 2.39. The van der Waals surface area contributed by atoms with Gasteiger partial charge in [0.25, 0.3) is 0 Å². The lowest BCUT2D eigenvalue weighted by atomic mass is 10.2. The van der Waals surface area contributed by atoms with E-state index in [1.54, 1.807) is 0 Å². The van der Waals surface area contributed by atoms with Crippen molar-refractivity contribution in [2.24, 2.45) is 0 Å². The predicted octanol–water partition coefficient (Wildman–Crippen LogP) is 1.62. The van der Waals surface area contributed by atoms with Crippen molar-refractivity contribution in [1.29, 1.82) is 0 Å². The number of nitrogens with one attached hydrogen (secondary N) is 1. The van der Waals surface area contributed by atoms with Gasteiger partial charge in [-0.1, -0.05) is 6.92 Å². The van der Waals surface area contributed by atoms with Gasteiger partial charge in [0.1, 0.15) is 0 Å². The minimum absolute atomic E-state index is 0.208. The molecule has 1 aliphatic carbocycles. The summed E-state index contributed by atoms with van der Waals surface area (Å²) in [6, 6.07) is 0.208. The van der Waals surface area contributed by atoms with Crippen LogP contribution in [-0.2, 0) is 0 Å². The zero-order valence-corrected chi connectivity index (χ0v) is 8.08. The normalized spacial score (nSPS) is 18.9. The summed E-state index contributed by atoms with van der Waals surface area (Å²) in [5.41, 5.74) is 0. The Bertz CT molecular complexity index is 276. The molecule has 1 aromatic heterocycles. The summed E-state index contributed by atoms with van der Waals surface area (Å²) in [6.45, 7) is 2.10. The van der Waals surface area contributed by atoms with Crippen molar-refractivity contribution in [2.45, 2.75) is 38.1 Å². The van der Waals surface area contributed by atoms with E-state index < -0.39 is 0 Å². The fourth-order valence-corrected chi connectivity index (χ4v) is 1.38. The van der Waals surface area contributed by atoms with Crippen LogP contribution in [0.1, 0.15) is 49.9 Å². The van der Waals surface area contributed by atoms with Crippen LogP contribution in [0.25, 0.3) is 0 Å². The second-order valence-electron chi connectivity index (χ2n) is 3.50. The average Bonchev–Trinajstić information content (AvgIpc) is 2.89. The Morgan fingerprint density at radius 2 is 2.31 bits per heavy atom. The second kappa shape index (κ2) is 3.46. The maximum atomic E-state index is 5.57. The lowest BCUT2D eigenvalue weighted by Gasteiger charge is -2.06. The van der Waals surface area contributed by atoms with E-state index in [0.717, 1.165) is 18.2 Å². The smallest absolute Gasteiger partial charge is 0.233 e. The Morgan fingerprint density at radius 3 is 2.85 bits per heavy atom. The lowest BCUT2D eigenvalue weighted by Crippen LogP contribution is -2.15. The molecule has 1 aromatic rings. The van der Waals surface area contributed by atoms with E-state index in [2.05, 4.69) is 22.4 Å². The monoisotopic (exact) mass is 181 g/mol. The third-order valence-corrected chi connectivity index (χ3v) is 2.44. The molecule has 1 atom stereocenters. The highest BCUT2D eigenvalue weighted by atomic mass is 16.4. The molecule has 1 saturated carbocycles. The standard InChI is InChI=1S/C9H15N3O/c1-3-7(10-2)9-12-11-8(13-9)6-4-5-6/h6-7,10H,3-5H2,1-2H3. The van der Waals surface area contributed by atoms with E-state index in [0.29, 0.717) is 5.92 Å². The van der Waals surface area contributed by atoms with Crippen molar-refractivity contribution in [2.75, 3.05) is 7.05 Å². The summed E-state index contributed by atoms with van der Waals surface area (Å²) >= 11 is 0. The summed E-state index contributed by atoms with van der Waals surface area (Å²) in [5.74, 6) is 2.10. The van der Waals surface area contributed by atoms with E-state index in [-0.39, 0.29) is 6.04 Å². The van der Waals surface area contributed by atoms with Crippen molar-refractivity contribution in [1.82, 2.24) is 15.5 Å².